The standard InChI is InChI=1S/C9H16O2/c1-6-3-7(2)8(5-10)9(11)4-6/h6-8,10H,3-5H2,1-2H3. The molecule has 1 fully saturated rings. The van der Waals surface area contributed by atoms with Crippen molar-refractivity contribution < 1.29 is 9.90 Å². The van der Waals surface area contributed by atoms with Crippen molar-refractivity contribution in [1.82, 2.24) is 0 Å². The number of carbonyl (C=O) groups excluding carboxylic acids is 1. The maximum atomic E-state index is 11.3. The second kappa shape index (κ2) is 3.35. The molecular weight excluding hydrogens is 140 g/mol. The first-order valence-electron chi connectivity index (χ1n) is 4.28. The van der Waals surface area contributed by atoms with Crippen molar-refractivity contribution >= 4 is 5.78 Å². The lowest BCUT2D eigenvalue weighted by molar-refractivity contribution is -0.129. The number of Topliss-reactive ketones (excluding diaryl/α,β-unsaturated/α-hetero) is 1. The van der Waals surface area contributed by atoms with Gasteiger partial charge in [-0.1, -0.05) is 13.8 Å². The Morgan fingerprint density at radius 1 is 1.55 bits per heavy atom. The van der Waals surface area contributed by atoms with Crippen molar-refractivity contribution in [1.29, 1.82) is 0 Å². The number of aliphatic hydroxyl groups is 1. The minimum atomic E-state index is -0.0776. The highest BCUT2D eigenvalue weighted by atomic mass is 16.3. The van der Waals surface area contributed by atoms with E-state index in [1.54, 1.807) is 0 Å². The molecule has 1 aliphatic rings. The summed E-state index contributed by atoms with van der Waals surface area (Å²) >= 11 is 0. The normalized spacial score (nSPS) is 39.2. The van der Waals surface area contributed by atoms with Crippen LogP contribution in [-0.4, -0.2) is 17.5 Å². The van der Waals surface area contributed by atoms with Gasteiger partial charge in [0.15, 0.2) is 0 Å². The molecule has 0 aromatic heterocycles. The molecule has 1 N–H and O–H groups in total. The predicted octanol–water partition coefficient (Wildman–Crippen LogP) is 1.23. The second-order valence-corrected chi connectivity index (χ2v) is 3.78. The van der Waals surface area contributed by atoms with Crippen LogP contribution in [-0.2, 0) is 4.79 Å². The van der Waals surface area contributed by atoms with E-state index in [1.165, 1.54) is 0 Å². The lowest BCUT2D eigenvalue weighted by atomic mass is 9.75. The summed E-state index contributed by atoms with van der Waals surface area (Å²) < 4.78 is 0. The summed E-state index contributed by atoms with van der Waals surface area (Å²) in [6, 6.07) is 0. The van der Waals surface area contributed by atoms with Crippen LogP contribution in [0.4, 0.5) is 0 Å². The van der Waals surface area contributed by atoms with Crippen molar-refractivity contribution in [3.8, 4) is 0 Å². The van der Waals surface area contributed by atoms with Gasteiger partial charge in [-0.2, -0.15) is 0 Å². The molecule has 1 aliphatic carbocycles. The smallest absolute Gasteiger partial charge is 0.138 e. The maximum Gasteiger partial charge on any atom is 0.138 e. The van der Waals surface area contributed by atoms with E-state index in [2.05, 4.69) is 13.8 Å². The third-order valence-corrected chi connectivity index (χ3v) is 2.62. The van der Waals surface area contributed by atoms with Crippen LogP contribution in [0.15, 0.2) is 0 Å². The number of hydrogen-bond acceptors (Lipinski definition) is 2. The van der Waals surface area contributed by atoms with Gasteiger partial charge < -0.3 is 5.11 Å². The molecule has 2 nitrogen and oxygen atoms in total. The highest BCUT2D eigenvalue weighted by Crippen LogP contribution is 2.30. The lowest BCUT2D eigenvalue weighted by Gasteiger charge is -2.29. The van der Waals surface area contributed by atoms with Gasteiger partial charge in [-0.05, 0) is 18.3 Å². The van der Waals surface area contributed by atoms with E-state index in [0.29, 0.717) is 18.3 Å². The van der Waals surface area contributed by atoms with Gasteiger partial charge in [0.25, 0.3) is 0 Å². The summed E-state index contributed by atoms with van der Waals surface area (Å²) in [4.78, 5) is 11.3. The van der Waals surface area contributed by atoms with Crippen LogP contribution in [0.2, 0.25) is 0 Å². The molecule has 0 aromatic carbocycles. The van der Waals surface area contributed by atoms with Crippen LogP contribution in [0.1, 0.15) is 26.7 Å². The average Bonchev–Trinajstić information content (AvgIpc) is 1.85. The Bertz CT molecular complexity index is 154. The van der Waals surface area contributed by atoms with Crippen molar-refractivity contribution in [3.05, 3.63) is 0 Å². The van der Waals surface area contributed by atoms with Crippen LogP contribution in [0, 0.1) is 17.8 Å². The minimum Gasteiger partial charge on any atom is -0.396 e. The van der Waals surface area contributed by atoms with E-state index in [-0.39, 0.29) is 18.3 Å². The monoisotopic (exact) mass is 156 g/mol. The fourth-order valence-electron chi connectivity index (χ4n) is 1.98. The molecule has 11 heavy (non-hydrogen) atoms. The van der Waals surface area contributed by atoms with E-state index in [0.717, 1.165) is 6.42 Å². The molecule has 0 aromatic rings. The Morgan fingerprint density at radius 2 is 2.18 bits per heavy atom. The largest absolute Gasteiger partial charge is 0.396 e. The lowest BCUT2D eigenvalue weighted by Crippen LogP contribution is -2.32. The Hall–Kier alpha value is -0.370. The molecule has 0 heterocycles. The Kier molecular flexibility index (Phi) is 2.66. The predicted molar refractivity (Wildman–Crippen MR) is 43.1 cm³/mol. The summed E-state index contributed by atoms with van der Waals surface area (Å²) in [5, 5.41) is 8.90. The number of rotatable bonds is 1. The summed E-state index contributed by atoms with van der Waals surface area (Å²) in [6.45, 7) is 4.18. The third kappa shape index (κ3) is 1.80. The molecule has 0 amide bonds. The zero-order valence-electron chi connectivity index (χ0n) is 7.21. The number of hydrogen-bond donors (Lipinski definition) is 1. The van der Waals surface area contributed by atoms with Crippen LogP contribution in [0.25, 0.3) is 0 Å². The summed E-state index contributed by atoms with van der Waals surface area (Å²) in [6.07, 6.45) is 1.74. The van der Waals surface area contributed by atoms with Gasteiger partial charge in [-0.25, -0.2) is 0 Å². The molecule has 2 heteroatoms. The van der Waals surface area contributed by atoms with Gasteiger partial charge in [0.2, 0.25) is 0 Å². The highest BCUT2D eigenvalue weighted by molar-refractivity contribution is 5.82. The minimum absolute atomic E-state index is 0.0344. The second-order valence-electron chi connectivity index (χ2n) is 3.78. The molecule has 1 rings (SSSR count). The topological polar surface area (TPSA) is 37.3 Å². The fraction of sp³-hybridized carbons (Fsp3) is 0.889. The van der Waals surface area contributed by atoms with Crippen LogP contribution >= 0.6 is 0 Å². The first-order chi connectivity index (χ1) is 5.15. The van der Waals surface area contributed by atoms with Crippen molar-refractivity contribution in [3.63, 3.8) is 0 Å². The van der Waals surface area contributed by atoms with Crippen molar-refractivity contribution in [2.75, 3.05) is 6.61 Å². The summed E-state index contributed by atoms with van der Waals surface area (Å²) in [7, 11) is 0. The molecule has 0 aliphatic heterocycles. The summed E-state index contributed by atoms with van der Waals surface area (Å²) in [5.41, 5.74) is 0. The van der Waals surface area contributed by atoms with E-state index in [1.807, 2.05) is 0 Å². The Labute approximate surface area is 67.6 Å². The first kappa shape index (κ1) is 8.72. The zero-order chi connectivity index (χ0) is 8.43. The van der Waals surface area contributed by atoms with Gasteiger partial charge in [0, 0.05) is 12.3 Å². The van der Waals surface area contributed by atoms with Gasteiger partial charge >= 0.3 is 0 Å². The van der Waals surface area contributed by atoms with Crippen LogP contribution < -0.4 is 0 Å². The third-order valence-electron chi connectivity index (χ3n) is 2.62. The van der Waals surface area contributed by atoms with Crippen LogP contribution in [0.3, 0.4) is 0 Å². The zero-order valence-corrected chi connectivity index (χ0v) is 7.21. The quantitative estimate of drug-likeness (QED) is 0.620. The Morgan fingerprint density at radius 3 is 2.64 bits per heavy atom. The van der Waals surface area contributed by atoms with Gasteiger partial charge in [0.1, 0.15) is 5.78 Å². The van der Waals surface area contributed by atoms with E-state index >= 15 is 0 Å². The van der Waals surface area contributed by atoms with E-state index < -0.39 is 0 Å². The average molecular weight is 156 g/mol. The van der Waals surface area contributed by atoms with Crippen molar-refractivity contribution in [2.24, 2.45) is 17.8 Å². The highest BCUT2D eigenvalue weighted by Gasteiger charge is 2.31. The molecule has 3 unspecified atom stereocenters. The molecular formula is C9H16O2. The van der Waals surface area contributed by atoms with Gasteiger partial charge in [-0.3, -0.25) is 4.79 Å². The number of carbonyl (C=O) groups is 1. The molecule has 64 valence electrons. The summed E-state index contributed by atoms with van der Waals surface area (Å²) in [5.74, 6) is 1.06. The first-order valence-corrected chi connectivity index (χ1v) is 4.28. The SMILES string of the molecule is CC1CC(=O)C(CO)C(C)C1. The molecule has 1 saturated carbocycles. The molecule has 0 bridgehead atoms. The van der Waals surface area contributed by atoms with E-state index in [9.17, 15) is 4.79 Å². The molecule has 3 atom stereocenters. The van der Waals surface area contributed by atoms with Gasteiger partial charge in [0.05, 0.1) is 6.61 Å². The van der Waals surface area contributed by atoms with Crippen molar-refractivity contribution in [2.45, 2.75) is 26.7 Å². The number of ketones is 1. The van der Waals surface area contributed by atoms with E-state index in [4.69, 9.17) is 5.11 Å². The van der Waals surface area contributed by atoms with Crippen LogP contribution in [0.5, 0.6) is 0 Å². The number of aliphatic hydroxyl groups excluding tert-OH is 1. The Balaban J connectivity index is 2.59. The maximum absolute atomic E-state index is 11.3. The molecule has 0 spiro atoms. The van der Waals surface area contributed by atoms with Gasteiger partial charge in [-0.15, -0.1) is 0 Å². The molecule has 0 saturated heterocycles. The molecule has 0 radical (unpaired) electrons. The fourth-order valence-corrected chi connectivity index (χ4v) is 1.98.